The first-order valence-electron chi connectivity index (χ1n) is 8.06. The maximum atomic E-state index is 12.3. The van der Waals surface area contributed by atoms with Crippen molar-refractivity contribution >= 4 is 22.7 Å². The number of anilines is 1. The Labute approximate surface area is 154 Å². The Balaban J connectivity index is 1.90. The molecule has 8 nitrogen and oxygen atoms in total. The number of nitrogens with zero attached hydrogens (tertiary/aromatic N) is 1. The third kappa shape index (κ3) is 3.69. The molecular weight excluding hydrogens is 352 g/mol. The van der Waals surface area contributed by atoms with Gasteiger partial charge in [0.1, 0.15) is 17.2 Å². The van der Waals surface area contributed by atoms with Gasteiger partial charge in [-0.15, -0.1) is 0 Å². The summed E-state index contributed by atoms with van der Waals surface area (Å²) in [5.74, 6) is 0.612. The van der Waals surface area contributed by atoms with Crippen LogP contribution < -0.4 is 20.4 Å². The van der Waals surface area contributed by atoms with E-state index in [2.05, 4.69) is 10.3 Å². The van der Waals surface area contributed by atoms with E-state index in [1.807, 2.05) is 0 Å². The number of aryl methyl sites for hydroxylation is 1. The molecule has 0 bridgehead atoms. The van der Waals surface area contributed by atoms with Crippen LogP contribution in [0.4, 0.5) is 5.82 Å². The van der Waals surface area contributed by atoms with Crippen molar-refractivity contribution in [2.24, 2.45) is 0 Å². The summed E-state index contributed by atoms with van der Waals surface area (Å²) >= 11 is 0. The number of aromatic nitrogens is 1. The zero-order valence-corrected chi connectivity index (χ0v) is 15.0. The first-order chi connectivity index (χ1) is 12.9. The minimum absolute atomic E-state index is 0.136. The first kappa shape index (κ1) is 18.2. The SMILES string of the molecule is COc1ccc(NC(=O)Cc2c(C)c3cc(OC)c(O)cc3oc2=O)nc1. The minimum atomic E-state index is -0.637. The summed E-state index contributed by atoms with van der Waals surface area (Å²) in [5.41, 5.74) is 0.387. The number of phenolic OH excluding ortho intramolecular Hbond substituents is 1. The lowest BCUT2D eigenvalue weighted by Gasteiger charge is -2.10. The van der Waals surface area contributed by atoms with Crippen LogP contribution in [0.3, 0.4) is 0 Å². The van der Waals surface area contributed by atoms with Crippen molar-refractivity contribution < 1.29 is 23.8 Å². The third-order valence-electron chi connectivity index (χ3n) is 4.16. The molecule has 0 aliphatic rings. The number of benzene rings is 1. The van der Waals surface area contributed by atoms with E-state index in [1.54, 1.807) is 25.1 Å². The van der Waals surface area contributed by atoms with Crippen LogP contribution >= 0.6 is 0 Å². The van der Waals surface area contributed by atoms with Gasteiger partial charge >= 0.3 is 5.63 Å². The predicted octanol–water partition coefficient (Wildman–Crippen LogP) is 2.40. The molecular formula is C19H18N2O6. The van der Waals surface area contributed by atoms with Crippen LogP contribution in [0.2, 0.25) is 0 Å². The molecule has 1 aromatic carbocycles. The number of hydrogen-bond donors (Lipinski definition) is 2. The monoisotopic (exact) mass is 370 g/mol. The van der Waals surface area contributed by atoms with Gasteiger partial charge in [0, 0.05) is 11.5 Å². The average molecular weight is 370 g/mol. The van der Waals surface area contributed by atoms with Crippen molar-refractivity contribution in [3.05, 3.63) is 52.0 Å². The van der Waals surface area contributed by atoms with Gasteiger partial charge in [0.05, 0.1) is 32.4 Å². The van der Waals surface area contributed by atoms with Gasteiger partial charge in [-0.3, -0.25) is 4.79 Å². The second kappa shape index (κ2) is 7.36. The van der Waals surface area contributed by atoms with E-state index in [-0.39, 0.29) is 29.1 Å². The quantitative estimate of drug-likeness (QED) is 0.663. The average Bonchev–Trinajstić information content (AvgIpc) is 2.65. The van der Waals surface area contributed by atoms with E-state index in [0.29, 0.717) is 22.5 Å². The highest BCUT2D eigenvalue weighted by atomic mass is 16.5. The number of carbonyl (C=O) groups excluding carboxylic acids is 1. The van der Waals surface area contributed by atoms with Gasteiger partial charge in [0.25, 0.3) is 0 Å². The first-order valence-corrected chi connectivity index (χ1v) is 8.06. The zero-order valence-electron chi connectivity index (χ0n) is 15.0. The summed E-state index contributed by atoms with van der Waals surface area (Å²) in [6.07, 6.45) is 1.30. The standard InChI is InChI=1S/C19H18N2O6/c1-10-12-6-16(26-3)14(22)8-15(12)27-19(24)13(10)7-18(23)21-17-5-4-11(25-2)9-20-17/h4-6,8-9,22H,7H2,1-3H3,(H,20,21,23). The van der Waals surface area contributed by atoms with Gasteiger partial charge in [0.15, 0.2) is 11.5 Å². The van der Waals surface area contributed by atoms with Crippen molar-refractivity contribution in [1.29, 1.82) is 0 Å². The molecule has 0 aliphatic heterocycles. The van der Waals surface area contributed by atoms with Crippen LogP contribution in [0.5, 0.6) is 17.2 Å². The van der Waals surface area contributed by atoms with Gasteiger partial charge in [-0.25, -0.2) is 9.78 Å². The summed E-state index contributed by atoms with van der Waals surface area (Å²) in [7, 11) is 2.94. The molecule has 0 saturated heterocycles. The lowest BCUT2D eigenvalue weighted by Crippen LogP contribution is -2.21. The maximum absolute atomic E-state index is 12.3. The number of methoxy groups -OCH3 is 2. The molecule has 27 heavy (non-hydrogen) atoms. The van der Waals surface area contributed by atoms with E-state index in [1.165, 1.54) is 26.5 Å². The highest BCUT2D eigenvalue weighted by Gasteiger charge is 2.17. The molecule has 8 heteroatoms. The molecule has 0 saturated carbocycles. The van der Waals surface area contributed by atoms with Crippen LogP contribution in [0, 0.1) is 6.92 Å². The number of hydrogen-bond acceptors (Lipinski definition) is 7. The number of aromatic hydroxyl groups is 1. The van der Waals surface area contributed by atoms with Crippen molar-refractivity contribution in [1.82, 2.24) is 4.98 Å². The number of rotatable bonds is 5. The van der Waals surface area contributed by atoms with Crippen LogP contribution in [-0.2, 0) is 11.2 Å². The van der Waals surface area contributed by atoms with Gasteiger partial charge < -0.3 is 24.3 Å². The number of fused-ring (bicyclic) bond motifs is 1. The van der Waals surface area contributed by atoms with E-state index in [4.69, 9.17) is 13.9 Å². The highest BCUT2D eigenvalue weighted by Crippen LogP contribution is 2.32. The molecule has 2 N–H and O–H groups in total. The number of nitrogens with one attached hydrogen (secondary N) is 1. The van der Waals surface area contributed by atoms with E-state index >= 15 is 0 Å². The molecule has 0 radical (unpaired) electrons. The van der Waals surface area contributed by atoms with Crippen LogP contribution in [0.25, 0.3) is 11.0 Å². The van der Waals surface area contributed by atoms with Gasteiger partial charge in [-0.1, -0.05) is 0 Å². The van der Waals surface area contributed by atoms with Crippen molar-refractivity contribution in [3.63, 3.8) is 0 Å². The molecule has 3 aromatic rings. The summed E-state index contributed by atoms with van der Waals surface area (Å²) in [5, 5.41) is 13.0. The fourth-order valence-electron chi connectivity index (χ4n) is 2.69. The number of phenols is 1. The topological polar surface area (TPSA) is 111 Å². The van der Waals surface area contributed by atoms with Crippen LogP contribution in [-0.4, -0.2) is 30.2 Å². The van der Waals surface area contributed by atoms with E-state index in [9.17, 15) is 14.7 Å². The lowest BCUT2D eigenvalue weighted by atomic mass is 10.0. The largest absolute Gasteiger partial charge is 0.504 e. The lowest BCUT2D eigenvalue weighted by molar-refractivity contribution is -0.115. The molecule has 0 unspecified atom stereocenters. The van der Waals surface area contributed by atoms with Crippen LogP contribution in [0.15, 0.2) is 39.7 Å². The van der Waals surface area contributed by atoms with Gasteiger partial charge in [0.2, 0.25) is 5.91 Å². The predicted molar refractivity (Wildman–Crippen MR) is 98.6 cm³/mol. The normalized spacial score (nSPS) is 10.6. The molecule has 0 atom stereocenters. The van der Waals surface area contributed by atoms with Crippen molar-refractivity contribution in [2.45, 2.75) is 13.3 Å². The Morgan fingerprint density at radius 2 is 2.04 bits per heavy atom. The second-order valence-electron chi connectivity index (χ2n) is 5.82. The van der Waals surface area contributed by atoms with Gasteiger partial charge in [-0.2, -0.15) is 0 Å². The second-order valence-corrected chi connectivity index (χ2v) is 5.82. The van der Waals surface area contributed by atoms with Crippen molar-refractivity contribution in [2.75, 3.05) is 19.5 Å². The Morgan fingerprint density at radius 1 is 1.26 bits per heavy atom. The number of carbonyl (C=O) groups is 1. The Morgan fingerprint density at radius 3 is 2.67 bits per heavy atom. The molecule has 3 rings (SSSR count). The molecule has 0 fully saturated rings. The maximum Gasteiger partial charge on any atom is 0.340 e. The molecule has 0 spiro atoms. The van der Waals surface area contributed by atoms with Crippen molar-refractivity contribution in [3.8, 4) is 17.2 Å². The number of amides is 1. The smallest absolute Gasteiger partial charge is 0.340 e. The molecule has 2 aromatic heterocycles. The van der Waals surface area contributed by atoms with Crippen LogP contribution in [0.1, 0.15) is 11.1 Å². The summed E-state index contributed by atoms with van der Waals surface area (Å²) < 4.78 is 15.4. The summed E-state index contributed by atoms with van der Waals surface area (Å²) in [6.45, 7) is 1.71. The fourth-order valence-corrected chi connectivity index (χ4v) is 2.69. The van der Waals surface area contributed by atoms with E-state index in [0.717, 1.165) is 0 Å². The number of pyridine rings is 1. The molecule has 140 valence electrons. The zero-order chi connectivity index (χ0) is 19.6. The highest BCUT2D eigenvalue weighted by molar-refractivity contribution is 5.93. The summed E-state index contributed by atoms with van der Waals surface area (Å²) in [6, 6.07) is 6.14. The van der Waals surface area contributed by atoms with Gasteiger partial charge in [-0.05, 0) is 30.7 Å². The molecule has 2 heterocycles. The molecule has 1 amide bonds. The summed E-state index contributed by atoms with van der Waals surface area (Å²) in [4.78, 5) is 28.7. The third-order valence-corrected chi connectivity index (χ3v) is 4.16. The Bertz CT molecular complexity index is 1060. The van der Waals surface area contributed by atoms with E-state index < -0.39 is 11.5 Å². The Kier molecular flexibility index (Phi) is 4.98. The minimum Gasteiger partial charge on any atom is -0.504 e. The Hall–Kier alpha value is -3.55. The number of ether oxygens (including phenoxy) is 2. The molecule has 0 aliphatic carbocycles. The fraction of sp³-hybridized carbons (Fsp3) is 0.211.